The average molecular weight is 378 g/mol. The Labute approximate surface area is 158 Å². The highest BCUT2D eigenvalue weighted by molar-refractivity contribution is 5.94. The third-order valence-electron chi connectivity index (χ3n) is 6.00. The number of hydrogen-bond donors (Lipinski definition) is 1. The van der Waals surface area contributed by atoms with Gasteiger partial charge in [-0.1, -0.05) is 0 Å². The molecule has 2 fully saturated rings. The zero-order chi connectivity index (χ0) is 19.6. The Kier molecular flexibility index (Phi) is 5.99. The largest absolute Gasteiger partial charge is 0.494 e. The van der Waals surface area contributed by atoms with Gasteiger partial charge in [-0.2, -0.15) is 0 Å². The Balaban J connectivity index is 1.68. The molecule has 0 aromatic heterocycles. The van der Waals surface area contributed by atoms with Crippen LogP contribution in [0.5, 0.6) is 5.75 Å². The lowest BCUT2D eigenvalue weighted by Crippen LogP contribution is -2.40. The second-order valence-electron chi connectivity index (χ2n) is 7.51. The van der Waals surface area contributed by atoms with Crippen LogP contribution in [0.15, 0.2) is 18.2 Å². The molecule has 0 saturated carbocycles. The molecule has 2 amide bonds. The molecule has 2 atom stereocenters. The minimum Gasteiger partial charge on any atom is -0.494 e. The summed E-state index contributed by atoms with van der Waals surface area (Å²) in [6.07, 6.45) is 1.78. The standard InChI is InChI=1S/C20H27FN2O4/c1-13(25)22-7-5-14(6-8-22)17-11-23(10-16(17)12-24)20(26)15-3-4-19(27-2)18(21)9-15/h3-4,9,14,16-17,24H,5-8,10-12H2,1-2H3/t16-,17-/m0/s1. The number of nitrogens with zero attached hydrogens (tertiary/aromatic N) is 2. The first kappa shape index (κ1) is 19.6. The number of piperidine rings is 1. The minimum absolute atomic E-state index is 0.0194. The van der Waals surface area contributed by atoms with Gasteiger partial charge < -0.3 is 19.6 Å². The van der Waals surface area contributed by atoms with Crippen molar-refractivity contribution in [3.63, 3.8) is 0 Å². The summed E-state index contributed by atoms with van der Waals surface area (Å²) in [7, 11) is 1.38. The lowest BCUT2D eigenvalue weighted by atomic mass is 9.79. The molecule has 0 aliphatic carbocycles. The first-order valence-electron chi connectivity index (χ1n) is 9.43. The Morgan fingerprint density at radius 2 is 1.93 bits per heavy atom. The molecule has 1 aromatic rings. The van der Waals surface area contributed by atoms with E-state index in [0.717, 1.165) is 25.9 Å². The molecule has 2 heterocycles. The number of carbonyl (C=O) groups is 2. The van der Waals surface area contributed by atoms with Crippen LogP contribution in [0.3, 0.4) is 0 Å². The number of amides is 2. The molecule has 3 rings (SSSR count). The summed E-state index contributed by atoms with van der Waals surface area (Å²) >= 11 is 0. The highest BCUT2D eigenvalue weighted by Crippen LogP contribution is 2.36. The van der Waals surface area contributed by atoms with Crippen molar-refractivity contribution in [1.82, 2.24) is 9.80 Å². The molecule has 0 spiro atoms. The summed E-state index contributed by atoms with van der Waals surface area (Å²) in [6.45, 7) is 4.10. The Hall–Kier alpha value is -2.15. The van der Waals surface area contributed by atoms with Crippen molar-refractivity contribution in [2.45, 2.75) is 19.8 Å². The molecule has 2 aliphatic heterocycles. The second kappa shape index (κ2) is 8.25. The highest BCUT2D eigenvalue weighted by Gasteiger charge is 2.40. The molecular formula is C20H27FN2O4. The summed E-state index contributed by atoms with van der Waals surface area (Å²) in [5, 5.41) is 9.81. The molecule has 0 unspecified atom stereocenters. The van der Waals surface area contributed by atoms with Crippen LogP contribution in [0.2, 0.25) is 0 Å². The van der Waals surface area contributed by atoms with Crippen LogP contribution < -0.4 is 4.74 Å². The van der Waals surface area contributed by atoms with E-state index in [2.05, 4.69) is 0 Å². The van der Waals surface area contributed by atoms with Gasteiger partial charge >= 0.3 is 0 Å². The van der Waals surface area contributed by atoms with Crippen LogP contribution in [0, 0.1) is 23.6 Å². The predicted octanol–water partition coefficient (Wildman–Crippen LogP) is 1.77. The monoisotopic (exact) mass is 378 g/mol. The molecule has 1 N–H and O–H groups in total. The summed E-state index contributed by atoms with van der Waals surface area (Å²) in [5.74, 6) is 0.0200. The van der Waals surface area contributed by atoms with Gasteiger partial charge in [-0.05, 0) is 42.9 Å². The van der Waals surface area contributed by atoms with E-state index in [0.29, 0.717) is 19.0 Å². The van der Waals surface area contributed by atoms with Gasteiger partial charge in [0.15, 0.2) is 11.6 Å². The van der Waals surface area contributed by atoms with E-state index in [1.165, 1.54) is 19.2 Å². The Morgan fingerprint density at radius 1 is 1.22 bits per heavy atom. The van der Waals surface area contributed by atoms with Crippen molar-refractivity contribution < 1.29 is 23.8 Å². The van der Waals surface area contributed by atoms with Crippen LogP contribution in [0.1, 0.15) is 30.1 Å². The van der Waals surface area contributed by atoms with Crippen LogP contribution in [0.25, 0.3) is 0 Å². The van der Waals surface area contributed by atoms with E-state index < -0.39 is 5.82 Å². The van der Waals surface area contributed by atoms with Gasteiger partial charge in [0, 0.05) is 51.2 Å². The normalized spacial score (nSPS) is 23.6. The average Bonchev–Trinajstić information content (AvgIpc) is 3.11. The van der Waals surface area contributed by atoms with E-state index in [-0.39, 0.29) is 41.6 Å². The number of hydrogen-bond acceptors (Lipinski definition) is 4. The van der Waals surface area contributed by atoms with Gasteiger partial charge in [0.25, 0.3) is 5.91 Å². The third kappa shape index (κ3) is 4.08. The van der Waals surface area contributed by atoms with Crippen LogP contribution in [0.4, 0.5) is 4.39 Å². The van der Waals surface area contributed by atoms with Crippen molar-refractivity contribution >= 4 is 11.8 Å². The van der Waals surface area contributed by atoms with Crippen molar-refractivity contribution in [2.24, 2.45) is 17.8 Å². The van der Waals surface area contributed by atoms with E-state index in [4.69, 9.17) is 4.74 Å². The van der Waals surface area contributed by atoms with E-state index in [1.807, 2.05) is 4.90 Å². The quantitative estimate of drug-likeness (QED) is 0.867. The molecule has 148 valence electrons. The van der Waals surface area contributed by atoms with Gasteiger partial charge in [0.1, 0.15) is 0 Å². The number of likely N-dealkylation sites (tertiary alicyclic amines) is 2. The molecule has 6 nitrogen and oxygen atoms in total. The summed E-state index contributed by atoms with van der Waals surface area (Å²) in [4.78, 5) is 27.9. The third-order valence-corrected chi connectivity index (χ3v) is 6.00. The number of ether oxygens (including phenoxy) is 1. The Bertz CT molecular complexity index is 703. The number of methoxy groups -OCH3 is 1. The molecule has 0 radical (unpaired) electrons. The first-order valence-corrected chi connectivity index (χ1v) is 9.43. The zero-order valence-electron chi connectivity index (χ0n) is 15.9. The van der Waals surface area contributed by atoms with Crippen LogP contribution in [-0.4, -0.2) is 66.6 Å². The molecule has 1 aromatic carbocycles. The maximum absolute atomic E-state index is 13.9. The van der Waals surface area contributed by atoms with Crippen molar-refractivity contribution in [2.75, 3.05) is 39.9 Å². The number of benzene rings is 1. The smallest absolute Gasteiger partial charge is 0.253 e. The zero-order valence-corrected chi connectivity index (χ0v) is 15.9. The fourth-order valence-electron chi connectivity index (χ4n) is 4.41. The fourth-order valence-corrected chi connectivity index (χ4v) is 4.41. The van der Waals surface area contributed by atoms with Gasteiger partial charge in [0.05, 0.1) is 7.11 Å². The lowest BCUT2D eigenvalue weighted by Gasteiger charge is -2.35. The number of rotatable bonds is 4. The Morgan fingerprint density at radius 3 is 2.48 bits per heavy atom. The number of halogens is 1. The summed E-state index contributed by atoms with van der Waals surface area (Å²) < 4.78 is 18.8. The SMILES string of the molecule is COc1ccc(C(=O)N2C[C@@H](CO)[C@H](C3CCN(C(C)=O)CC3)C2)cc1F. The van der Waals surface area contributed by atoms with Crippen molar-refractivity contribution in [1.29, 1.82) is 0 Å². The van der Waals surface area contributed by atoms with E-state index in [9.17, 15) is 19.1 Å². The van der Waals surface area contributed by atoms with Gasteiger partial charge in [-0.3, -0.25) is 9.59 Å². The van der Waals surface area contributed by atoms with Crippen molar-refractivity contribution in [3.05, 3.63) is 29.6 Å². The molecule has 2 saturated heterocycles. The topological polar surface area (TPSA) is 70.1 Å². The maximum atomic E-state index is 13.9. The lowest BCUT2D eigenvalue weighted by molar-refractivity contribution is -0.130. The molecule has 2 aliphatic rings. The maximum Gasteiger partial charge on any atom is 0.253 e. The summed E-state index contributed by atoms with van der Waals surface area (Å²) in [6, 6.07) is 4.22. The molecule has 0 bridgehead atoms. The molecule has 7 heteroatoms. The van der Waals surface area contributed by atoms with Crippen molar-refractivity contribution in [3.8, 4) is 5.75 Å². The molecular weight excluding hydrogens is 351 g/mol. The predicted molar refractivity (Wildman–Crippen MR) is 97.9 cm³/mol. The number of aliphatic hydroxyl groups excluding tert-OH is 1. The summed E-state index contributed by atoms with van der Waals surface area (Å²) in [5.41, 5.74) is 0.289. The van der Waals surface area contributed by atoms with Gasteiger partial charge in [0.2, 0.25) is 5.91 Å². The van der Waals surface area contributed by atoms with Gasteiger partial charge in [-0.15, -0.1) is 0 Å². The van der Waals surface area contributed by atoms with Crippen LogP contribution >= 0.6 is 0 Å². The number of aliphatic hydroxyl groups is 1. The minimum atomic E-state index is -0.561. The van der Waals surface area contributed by atoms with Gasteiger partial charge in [-0.25, -0.2) is 4.39 Å². The molecule has 27 heavy (non-hydrogen) atoms. The van der Waals surface area contributed by atoms with Crippen LogP contribution in [-0.2, 0) is 4.79 Å². The highest BCUT2D eigenvalue weighted by atomic mass is 19.1. The number of carbonyl (C=O) groups excluding carboxylic acids is 2. The first-order chi connectivity index (χ1) is 12.9. The fraction of sp³-hybridized carbons (Fsp3) is 0.600. The van der Waals surface area contributed by atoms with E-state index in [1.54, 1.807) is 17.9 Å². The van der Waals surface area contributed by atoms with E-state index >= 15 is 0 Å². The second-order valence-corrected chi connectivity index (χ2v) is 7.51.